The number of anilines is 1. The minimum Gasteiger partial charge on any atom is -0.462 e. The number of thiazole rings is 1. The van der Waals surface area contributed by atoms with Crippen LogP contribution < -0.4 is 10.1 Å². The number of rotatable bonds is 9. The Morgan fingerprint density at radius 1 is 1.06 bits per heavy atom. The molecule has 0 aliphatic heterocycles. The van der Waals surface area contributed by atoms with E-state index in [1.807, 2.05) is 0 Å². The van der Waals surface area contributed by atoms with E-state index in [1.54, 1.807) is 19.4 Å². The summed E-state index contributed by atoms with van der Waals surface area (Å²) in [4.78, 5) is 29.5. The zero-order chi connectivity index (χ0) is 24.0. The van der Waals surface area contributed by atoms with Crippen molar-refractivity contribution in [2.75, 3.05) is 25.3 Å². The molecule has 11 heteroatoms. The molecule has 0 saturated heterocycles. The first-order chi connectivity index (χ1) is 15.7. The first-order valence-electron chi connectivity index (χ1n) is 9.74. The third-order valence-electron chi connectivity index (χ3n) is 4.23. The van der Waals surface area contributed by atoms with Gasteiger partial charge in [-0.1, -0.05) is 0 Å². The summed E-state index contributed by atoms with van der Waals surface area (Å²) < 4.78 is 39.1. The van der Waals surface area contributed by atoms with Crippen molar-refractivity contribution in [3.8, 4) is 11.5 Å². The summed E-state index contributed by atoms with van der Waals surface area (Å²) in [5.41, 5.74) is 0.970. The van der Waals surface area contributed by atoms with E-state index in [0.29, 0.717) is 23.2 Å². The van der Waals surface area contributed by atoms with E-state index in [-0.39, 0.29) is 28.4 Å². The molecule has 174 valence electrons. The number of amides is 1. The summed E-state index contributed by atoms with van der Waals surface area (Å²) >= 11 is 1.25. The van der Waals surface area contributed by atoms with Crippen molar-refractivity contribution in [3.05, 3.63) is 64.7 Å². The highest BCUT2D eigenvalue weighted by molar-refractivity contribution is 7.90. The van der Waals surface area contributed by atoms with Crippen LogP contribution in [0.25, 0.3) is 0 Å². The first kappa shape index (κ1) is 24.4. The topological polar surface area (TPSA) is 121 Å². The van der Waals surface area contributed by atoms with Crippen LogP contribution in [0.2, 0.25) is 0 Å². The molecule has 0 aliphatic carbocycles. The molecule has 1 amide bonds. The summed E-state index contributed by atoms with van der Waals surface area (Å²) in [5, 5.41) is 4.84. The highest BCUT2D eigenvalue weighted by Gasteiger charge is 2.17. The highest BCUT2D eigenvalue weighted by Crippen LogP contribution is 2.27. The number of hydrogen-bond donors (Lipinski definition) is 1. The van der Waals surface area contributed by atoms with Crippen LogP contribution in [-0.4, -0.2) is 45.3 Å². The van der Waals surface area contributed by atoms with Crippen LogP contribution in [0.4, 0.5) is 5.13 Å². The van der Waals surface area contributed by atoms with E-state index in [9.17, 15) is 18.0 Å². The van der Waals surface area contributed by atoms with Crippen LogP contribution in [-0.2, 0) is 25.9 Å². The van der Waals surface area contributed by atoms with E-state index in [1.165, 1.54) is 53.8 Å². The third kappa shape index (κ3) is 6.60. The van der Waals surface area contributed by atoms with E-state index in [0.717, 1.165) is 6.26 Å². The zero-order valence-corrected chi connectivity index (χ0v) is 19.8. The van der Waals surface area contributed by atoms with Gasteiger partial charge in [0.25, 0.3) is 5.91 Å². The molecular weight excluding hydrogens is 468 g/mol. The number of ether oxygens (including phenoxy) is 3. The molecule has 1 heterocycles. The molecule has 0 saturated carbocycles. The van der Waals surface area contributed by atoms with Crippen LogP contribution in [0.5, 0.6) is 11.5 Å². The molecule has 0 atom stereocenters. The highest BCUT2D eigenvalue weighted by atomic mass is 32.2. The van der Waals surface area contributed by atoms with Crippen molar-refractivity contribution in [2.45, 2.75) is 18.4 Å². The number of hydrogen-bond acceptors (Lipinski definition) is 9. The van der Waals surface area contributed by atoms with Gasteiger partial charge in [-0.05, 0) is 49.4 Å². The average Bonchev–Trinajstić information content (AvgIpc) is 3.20. The second-order valence-electron chi connectivity index (χ2n) is 6.84. The van der Waals surface area contributed by atoms with Gasteiger partial charge >= 0.3 is 5.97 Å². The Labute approximate surface area is 195 Å². The molecule has 3 aromatic rings. The molecule has 1 aromatic heterocycles. The first-order valence-corrected chi connectivity index (χ1v) is 12.5. The lowest BCUT2D eigenvalue weighted by Gasteiger charge is -2.11. The maximum atomic E-state index is 12.8. The summed E-state index contributed by atoms with van der Waals surface area (Å²) in [6, 6.07) is 10.1. The van der Waals surface area contributed by atoms with E-state index in [2.05, 4.69) is 10.3 Å². The second kappa shape index (κ2) is 10.6. The van der Waals surface area contributed by atoms with Crippen molar-refractivity contribution in [1.82, 2.24) is 4.98 Å². The van der Waals surface area contributed by atoms with Crippen molar-refractivity contribution < 1.29 is 32.2 Å². The molecule has 33 heavy (non-hydrogen) atoms. The Bertz CT molecular complexity index is 1250. The smallest absolute Gasteiger partial charge is 0.338 e. The van der Waals surface area contributed by atoms with Crippen molar-refractivity contribution in [1.29, 1.82) is 0 Å². The van der Waals surface area contributed by atoms with Gasteiger partial charge in [0.1, 0.15) is 11.5 Å². The Kier molecular flexibility index (Phi) is 7.79. The zero-order valence-electron chi connectivity index (χ0n) is 18.2. The summed E-state index contributed by atoms with van der Waals surface area (Å²) in [6.07, 6.45) is 1.11. The van der Waals surface area contributed by atoms with Crippen molar-refractivity contribution in [2.24, 2.45) is 0 Å². The fourth-order valence-electron chi connectivity index (χ4n) is 2.76. The number of benzene rings is 2. The van der Waals surface area contributed by atoms with Crippen molar-refractivity contribution in [3.63, 3.8) is 0 Å². The van der Waals surface area contributed by atoms with E-state index in [4.69, 9.17) is 14.2 Å². The second-order valence-corrected chi connectivity index (χ2v) is 9.72. The van der Waals surface area contributed by atoms with Crippen molar-refractivity contribution >= 4 is 38.2 Å². The molecule has 0 radical (unpaired) electrons. The minimum absolute atomic E-state index is 0.131. The van der Waals surface area contributed by atoms with Gasteiger partial charge in [0.15, 0.2) is 15.0 Å². The fourth-order valence-corrected chi connectivity index (χ4v) is 4.08. The minimum atomic E-state index is -3.35. The Balaban J connectivity index is 1.88. The summed E-state index contributed by atoms with van der Waals surface area (Å²) in [5.74, 6) is -0.561. The Hall–Kier alpha value is -3.28. The number of carbonyl (C=O) groups is 2. The molecule has 2 aromatic carbocycles. The van der Waals surface area contributed by atoms with E-state index < -0.39 is 21.7 Å². The normalized spacial score (nSPS) is 11.1. The average molecular weight is 491 g/mol. The Morgan fingerprint density at radius 2 is 1.76 bits per heavy atom. The van der Waals surface area contributed by atoms with Crippen LogP contribution >= 0.6 is 11.3 Å². The van der Waals surface area contributed by atoms with Gasteiger partial charge in [-0.25, -0.2) is 18.2 Å². The molecular formula is C22H22N2O7S2. The van der Waals surface area contributed by atoms with Crippen LogP contribution in [0.15, 0.2) is 52.7 Å². The Morgan fingerprint density at radius 3 is 2.39 bits per heavy atom. The van der Waals surface area contributed by atoms with Crippen LogP contribution in [0.1, 0.15) is 33.3 Å². The predicted molar refractivity (Wildman–Crippen MR) is 123 cm³/mol. The number of carbonyl (C=O) groups excluding carboxylic acids is 2. The van der Waals surface area contributed by atoms with Gasteiger partial charge in [0.2, 0.25) is 0 Å². The molecule has 3 rings (SSSR count). The molecule has 0 bridgehead atoms. The van der Waals surface area contributed by atoms with Gasteiger partial charge in [-0.15, -0.1) is 11.3 Å². The maximum absolute atomic E-state index is 12.8. The van der Waals surface area contributed by atoms with Crippen LogP contribution in [0, 0.1) is 0 Å². The largest absolute Gasteiger partial charge is 0.462 e. The SMILES string of the molecule is CCOC(=O)c1cc(Oc2ccc(S(C)(=O)=O)cc2)cc(C(=O)Nc2nc(COC)cs2)c1. The summed E-state index contributed by atoms with van der Waals surface area (Å²) in [6.45, 7) is 2.16. The lowest BCUT2D eigenvalue weighted by Crippen LogP contribution is -2.14. The maximum Gasteiger partial charge on any atom is 0.338 e. The quantitative estimate of drug-likeness (QED) is 0.448. The van der Waals surface area contributed by atoms with Gasteiger partial charge < -0.3 is 14.2 Å². The molecule has 0 fully saturated rings. The summed E-state index contributed by atoms with van der Waals surface area (Å²) in [7, 11) is -1.80. The number of sulfone groups is 1. The number of nitrogens with zero attached hydrogens (tertiary/aromatic N) is 1. The predicted octanol–water partition coefficient (Wildman–Crippen LogP) is 3.91. The molecule has 1 N–H and O–H groups in total. The number of aromatic nitrogens is 1. The lowest BCUT2D eigenvalue weighted by atomic mass is 10.1. The molecule has 0 unspecified atom stereocenters. The van der Waals surface area contributed by atoms with Gasteiger partial charge in [-0.3, -0.25) is 10.1 Å². The molecule has 0 spiro atoms. The van der Waals surface area contributed by atoms with Gasteiger partial charge in [0.05, 0.1) is 29.4 Å². The van der Waals surface area contributed by atoms with Crippen LogP contribution in [0.3, 0.4) is 0 Å². The van der Waals surface area contributed by atoms with Gasteiger partial charge in [-0.2, -0.15) is 0 Å². The number of methoxy groups -OCH3 is 1. The number of esters is 1. The monoisotopic (exact) mass is 490 g/mol. The van der Waals surface area contributed by atoms with Gasteiger partial charge in [0, 0.05) is 24.3 Å². The number of nitrogens with one attached hydrogen (secondary N) is 1. The standard InChI is InChI=1S/C22H22N2O7S2/c1-4-30-21(26)15-9-14(20(25)24-22-23-16(12-29-2)13-32-22)10-18(11-15)31-17-5-7-19(8-6-17)33(3,27)28/h5-11,13H,4,12H2,1-3H3,(H,23,24,25). The lowest BCUT2D eigenvalue weighted by molar-refractivity contribution is 0.0526. The van der Waals surface area contributed by atoms with E-state index >= 15 is 0 Å². The molecule has 0 aliphatic rings. The molecule has 9 nitrogen and oxygen atoms in total. The fraction of sp³-hybridized carbons (Fsp3) is 0.227. The third-order valence-corrected chi connectivity index (χ3v) is 6.17.